The zero-order valence-corrected chi connectivity index (χ0v) is 18.6. The third kappa shape index (κ3) is 4.73. The number of ether oxygens (including phenoxy) is 2. The summed E-state index contributed by atoms with van der Waals surface area (Å²) >= 11 is 0. The number of rotatable bonds is 7. The van der Waals surface area contributed by atoms with Crippen LogP contribution >= 0.6 is 0 Å². The summed E-state index contributed by atoms with van der Waals surface area (Å²) in [5.41, 5.74) is 4.71. The molecular formula is C29H26O3. The summed E-state index contributed by atoms with van der Waals surface area (Å²) in [6.07, 6.45) is 3.45. The minimum atomic E-state index is -0.0279. The van der Waals surface area contributed by atoms with Gasteiger partial charge in [0.05, 0.1) is 7.11 Å². The average molecular weight is 423 g/mol. The van der Waals surface area contributed by atoms with Crippen LogP contribution in [-0.4, -0.2) is 12.9 Å². The van der Waals surface area contributed by atoms with E-state index in [0.717, 1.165) is 44.5 Å². The maximum Gasteiger partial charge on any atom is 0.185 e. The maximum atomic E-state index is 12.7. The molecule has 0 radical (unpaired) electrons. The zero-order chi connectivity index (χ0) is 22.5. The molecule has 0 aliphatic carbocycles. The summed E-state index contributed by atoms with van der Waals surface area (Å²) < 4.78 is 11.6. The van der Waals surface area contributed by atoms with Gasteiger partial charge in [-0.15, -0.1) is 0 Å². The molecule has 0 atom stereocenters. The number of carbonyl (C=O) groups is 1. The summed E-state index contributed by atoms with van der Waals surface area (Å²) in [7, 11) is 1.65. The van der Waals surface area contributed by atoms with Gasteiger partial charge in [0.2, 0.25) is 0 Å². The van der Waals surface area contributed by atoms with Crippen LogP contribution in [0.2, 0.25) is 0 Å². The Morgan fingerprint density at radius 2 is 1.59 bits per heavy atom. The van der Waals surface area contributed by atoms with Crippen molar-refractivity contribution in [1.82, 2.24) is 0 Å². The Balaban J connectivity index is 1.53. The number of benzene rings is 4. The lowest BCUT2D eigenvalue weighted by Gasteiger charge is -2.14. The van der Waals surface area contributed by atoms with Gasteiger partial charge in [0.15, 0.2) is 5.78 Å². The van der Waals surface area contributed by atoms with E-state index in [4.69, 9.17) is 9.47 Å². The third-order valence-corrected chi connectivity index (χ3v) is 5.55. The number of hydrogen-bond acceptors (Lipinski definition) is 3. The molecule has 160 valence electrons. The Bertz CT molecular complexity index is 1280. The zero-order valence-electron chi connectivity index (χ0n) is 18.6. The van der Waals surface area contributed by atoms with Crippen molar-refractivity contribution < 1.29 is 14.3 Å². The fourth-order valence-electron chi connectivity index (χ4n) is 3.80. The minimum absolute atomic E-state index is 0.0279. The number of carbonyl (C=O) groups excluding carboxylic acids is 1. The second kappa shape index (κ2) is 9.52. The largest absolute Gasteiger partial charge is 0.496 e. The SMILES string of the molecule is COc1ccc(/C=C/C(=O)c2ccc3ccccc3c2)cc1COc1c(C)cccc1C. The number of ketones is 1. The molecule has 0 heterocycles. The molecule has 0 bridgehead atoms. The number of para-hydroxylation sites is 1. The van der Waals surface area contributed by atoms with Crippen LogP contribution in [0, 0.1) is 13.8 Å². The van der Waals surface area contributed by atoms with Crippen LogP contribution in [0.15, 0.2) is 84.9 Å². The molecule has 0 unspecified atom stereocenters. The molecule has 0 fully saturated rings. The molecule has 0 aliphatic rings. The monoisotopic (exact) mass is 422 g/mol. The van der Waals surface area contributed by atoms with Gasteiger partial charge in [0.25, 0.3) is 0 Å². The van der Waals surface area contributed by atoms with Gasteiger partial charge in [-0.05, 0) is 65.6 Å². The van der Waals surface area contributed by atoms with E-state index in [-0.39, 0.29) is 5.78 Å². The van der Waals surface area contributed by atoms with Crippen molar-refractivity contribution in [2.24, 2.45) is 0 Å². The summed E-state index contributed by atoms with van der Waals surface area (Å²) in [6, 6.07) is 25.7. The van der Waals surface area contributed by atoms with E-state index in [1.54, 1.807) is 13.2 Å². The molecule has 4 aromatic carbocycles. The maximum absolute atomic E-state index is 12.7. The van der Waals surface area contributed by atoms with Crippen LogP contribution in [0.5, 0.6) is 11.5 Å². The van der Waals surface area contributed by atoms with Gasteiger partial charge < -0.3 is 9.47 Å². The van der Waals surface area contributed by atoms with Crippen LogP contribution in [0.4, 0.5) is 0 Å². The highest BCUT2D eigenvalue weighted by atomic mass is 16.5. The topological polar surface area (TPSA) is 35.5 Å². The van der Waals surface area contributed by atoms with E-state index in [9.17, 15) is 4.79 Å². The highest BCUT2D eigenvalue weighted by molar-refractivity contribution is 6.08. The van der Waals surface area contributed by atoms with Gasteiger partial charge in [-0.3, -0.25) is 4.79 Å². The lowest BCUT2D eigenvalue weighted by atomic mass is 10.0. The fraction of sp³-hybridized carbons (Fsp3) is 0.138. The van der Waals surface area contributed by atoms with E-state index < -0.39 is 0 Å². The Kier molecular flexibility index (Phi) is 6.37. The smallest absolute Gasteiger partial charge is 0.185 e. The quantitative estimate of drug-likeness (QED) is 0.239. The molecule has 0 spiro atoms. The second-order valence-electron chi connectivity index (χ2n) is 7.84. The van der Waals surface area contributed by atoms with Crippen LogP contribution in [0.3, 0.4) is 0 Å². The first-order valence-corrected chi connectivity index (χ1v) is 10.6. The molecule has 4 aromatic rings. The van der Waals surface area contributed by atoms with Crippen LogP contribution in [-0.2, 0) is 6.61 Å². The van der Waals surface area contributed by atoms with Crippen LogP contribution < -0.4 is 9.47 Å². The number of fused-ring (bicyclic) bond motifs is 1. The lowest BCUT2D eigenvalue weighted by molar-refractivity contribution is 0.104. The molecule has 32 heavy (non-hydrogen) atoms. The first-order valence-electron chi connectivity index (χ1n) is 10.6. The van der Waals surface area contributed by atoms with Crippen molar-refractivity contribution in [2.75, 3.05) is 7.11 Å². The van der Waals surface area contributed by atoms with Gasteiger partial charge >= 0.3 is 0 Å². The first-order chi connectivity index (χ1) is 15.5. The van der Waals surface area contributed by atoms with Gasteiger partial charge in [-0.2, -0.15) is 0 Å². The minimum Gasteiger partial charge on any atom is -0.496 e. The van der Waals surface area contributed by atoms with Crippen LogP contribution in [0.25, 0.3) is 16.8 Å². The van der Waals surface area contributed by atoms with E-state index in [2.05, 4.69) is 0 Å². The third-order valence-electron chi connectivity index (χ3n) is 5.55. The van der Waals surface area contributed by atoms with E-state index in [0.29, 0.717) is 12.2 Å². The summed E-state index contributed by atoms with van der Waals surface area (Å²) in [5.74, 6) is 1.62. The van der Waals surface area contributed by atoms with Crippen molar-refractivity contribution in [3.63, 3.8) is 0 Å². The predicted molar refractivity (Wildman–Crippen MR) is 131 cm³/mol. The van der Waals surface area contributed by atoms with Gasteiger partial charge in [0.1, 0.15) is 18.1 Å². The predicted octanol–water partition coefficient (Wildman–Crippen LogP) is 6.94. The standard InChI is InChI=1S/C29H26O3/c1-20-7-6-8-21(2)29(20)32-19-26-17-22(12-16-28(26)31-3)11-15-27(30)25-14-13-23-9-4-5-10-24(23)18-25/h4-18H,19H2,1-3H3/b15-11+. The molecule has 0 saturated carbocycles. The summed E-state index contributed by atoms with van der Waals surface area (Å²) in [6.45, 7) is 4.46. The number of methoxy groups -OCH3 is 1. The number of allylic oxidation sites excluding steroid dienone is 1. The Hall–Kier alpha value is -3.85. The molecule has 0 N–H and O–H groups in total. The van der Waals surface area contributed by atoms with E-state index in [1.807, 2.05) is 98.8 Å². The van der Waals surface area contributed by atoms with E-state index >= 15 is 0 Å². The van der Waals surface area contributed by atoms with Crippen molar-refractivity contribution in [3.05, 3.63) is 113 Å². The fourth-order valence-corrected chi connectivity index (χ4v) is 3.80. The molecule has 0 aromatic heterocycles. The molecular weight excluding hydrogens is 396 g/mol. The van der Waals surface area contributed by atoms with E-state index in [1.165, 1.54) is 0 Å². The molecule has 0 amide bonds. The molecule has 4 rings (SSSR count). The van der Waals surface area contributed by atoms with Gasteiger partial charge in [0, 0.05) is 11.1 Å². The number of hydrogen-bond donors (Lipinski definition) is 0. The molecule has 0 saturated heterocycles. The number of aryl methyl sites for hydroxylation is 2. The molecule has 3 heteroatoms. The van der Waals surface area contributed by atoms with Crippen molar-refractivity contribution in [3.8, 4) is 11.5 Å². The van der Waals surface area contributed by atoms with Crippen LogP contribution in [0.1, 0.15) is 32.6 Å². The van der Waals surface area contributed by atoms with Gasteiger partial charge in [-0.25, -0.2) is 0 Å². The lowest BCUT2D eigenvalue weighted by Crippen LogP contribution is -2.01. The van der Waals surface area contributed by atoms with Gasteiger partial charge in [-0.1, -0.05) is 66.7 Å². The van der Waals surface area contributed by atoms with Crippen molar-refractivity contribution >= 4 is 22.6 Å². The molecule has 0 aliphatic heterocycles. The van der Waals surface area contributed by atoms with Crippen molar-refractivity contribution in [1.29, 1.82) is 0 Å². The second-order valence-corrected chi connectivity index (χ2v) is 7.84. The highest BCUT2D eigenvalue weighted by Gasteiger charge is 2.09. The normalized spacial score (nSPS) is 11.1. The first kappa shape index (κ1) is 21.4. The Labute approximate surface area is 188 Å². The van der Waals surface area contributed by atoms with Crippen molar-refractivity contribution in [2.45, 2.75) is 20.5 Å². The molecule has 3 nitrogen and oxygen atoms in total. The summed E-state index contributed by atoms with van der Waals surface area (Å²) in [4.78, 5) is 12.7. The summed E-state index contributed by atoms with van der Waals surface area (Å²) in [5, 5.41) is 2.18. The Morgan fingerprint density at radius 3 is 2.34 bits per heavy atom. The Morgan fingerprint density at radius 1 is 0.844 bits per heavy atom. The average Bonchev–Trinajstić information content (AvgIpc) is 2.82. The highest BCUT2D eigenvalue weighted by Crippen LogP contribution is 2.27.